The normalized spacial score (nSPS) is 56.5. The van der Waals surface area contributed by atoms with Gasteiger partial charge in [-0.2, -0.15) is 0 Å². The maximum atomic E-state index is 10.9. The lowest BCUT2D eigenvalue weighted by atomic mass is 9.32. The van der Waals surface area contributed by atoms with Crippen LogP contribution in [0.15, 0.2) is 12.2 Å². The number of hydrogen-bond acceptors (Lipinski definition) is 2. The average molecular weight is 443 g/mol. The first kappa shape index (κ1) is 23.4. The summed E-state index contributed by atoms with van der Waals surface area (Å²) in [6.45, 7) is 19.7. The van der Waals surface area contributed by atoms with Crippen molar-refractivity contribution in [3.63, 3.8) is 0 Å². The Bertz CT molecular complexity index is 786. The van der Waals surface area contributed by atoms with Gasteiger partial charge in [-0.3, -0.25) is 0 Å². The van der Waals surface area contributed by atoms with E-state index in [1.165, 1.54) is 63.4 Å². The monoisotopic (exact) mass is 442 g/mol. The van der Waals surface area contributed by atoms with Gasteiger partial charge >= 0.3 is 0 Å². The van der Waals surface area contributed by atoms with Crippen molar-refractivity contribution in [3.05, 3.63) is 12.2 Å². The maximum absolute atomic E-state index is 10.9. The fourth-order valence-corrected chi connectivity index (χ4v) is 11.5. The van der Waals surface area contributed by atoms with Crippen LogP contribution in [0.5, 0.6) is 0 Å². The van der Waals surface area contributed by atoms with Gasteiger partial charge in [-0.05, 0) is 128 Å². The SMILES string of the molecule is C=C(C)[C@@H]1CC[C@@]2(CO)CC[C@@]3(C)[C@@H](CC[C@H]4[C@@]5(C)CC[C@H](O)C(C)(C)[C@H]5CC[C@]43C)[C@@H]12. The molecular formula is C30H50O2. The molecular weight excluding hydrogens is 392 g/mol. The second-order valence-electron chi connectivity index (χ2n) is 14.6. The summed E-state index contributed by atoms with van der Waals surface area (Å²) >= 11 is 0. The molecule has 0 radical (unpaired) electrons. The molecule has 5 saturated carbocycles. The Balaban J connectivity index is 1.55. The van der Waals surface area contributed by atoms with E-state index in [2.05, 4.69) is 48.1 Å². The van der Waals surface area contributed by atoms with Crippen LogP contribution in [0.1, 0.15) is 106 Å². The molecule has 32 heavy (non-hydrogen) atoms. The Hall–Kier alpha value is -0.340. The van der Waals surface area contributed by atoms with Gasteiger partial charge in [0.05, 0.1) is 6.10 Å². The minimum absolute atomic E-state index is 0.0290. The molecule has 10 atom stereocenters. The molecule has 182 valence electrons. The van der Waals surface area contributed by atoms with Crippen molar-refractivity contribution in [2.45, 2.75) is 112 Å². The molecule has 5 aliphatic carbocycles. The Morgan fingerprint density at radius 2 is 1.53 bits per heavy atom. The van der Waals surface area contributed by atoms with Crippen LogP contribution < -0.4 is 0 Å². The number of allylic oxidation sites excluding steroid dienone is 1. The first-order chi connectivity index (χ1) is 14.9. The van der Waals surface area contributed by atoms with Crippen molar-refractivity contribution < 1.29 is 10.2 Å². The minimum Gasteiger partial charge on any atom is -0.396 e. The highest BCUT2D eigenvalue weighted by Gasteiger charge is 2.70. The van der Waals surface area contributed by atoms with Crippen molar-refractivity contribution in [1.29, 1.82) is 0 Å². The molecule has 0 bridgehead atoms. The van der Waals surface area contributed by atoms with Crippen LogP contribution in [-0.4, -0.2) is 22.9 Å². The fourth-order valence-electron chi connectivity index (χ4n) is 11.5. The second-order valence-corrected chi connectivity index (χ2v) is 14.6. The molecule has 0 amide bonds. The molecule has 2 nitrogen and oxygen atoms in total. The van der Waals surface area contributed by atoms with Crippen LogP contribution >= 0.6 is 0 Å². The number of aliphatic hydroxyl groups is 2. The van der Waals surface area contributed by atoms with E-state index < -0.39 is 0 Å². The molecule has 5 fully saturated rings. The molecule has 0 aliphatic heterocycles. The van der Waals surface area contributed by atoms with Crippen molar-refractivity contribution in [1.82, 2.24) is 0 Å². The van der Waals surface area contributed by atoms with E-state index in [0.717, 1.165) is 18.3 Å². The van der Waals surface area contributed by atoms with Crippen LogP contribution in [0.25, 0.3) is 0 Å². The number of fused-ring (bicyclic) bond motifs is 7. The minimum atomic E-state index is -0.147. The first-order valence-corrected chi connectivity index (χ1v) is 13.8. The van der Waals surface area contributed by atoms with Gasteiger partial charge in [-0.15, -0.1) is 0 Å². The Morgan fingerprint density at radius 3 is 2.19 bits per heavy atom. The number of rotatable bonds is 2. The Morgan fingerprint density at radius 1 is 0.812 bits per heavy atom. The molecule has 0 aromatic rings. The van der Waals surface area contributed by atoms with E-state index in [-0.39, 0.29) is 16.9 Å². The summed E-state index contributed by atoms with van der Waals surface area (Å²) in [7, 11) is 0. The van der Waals surface area contributed by atoms with Gasteiger partial charge in [0.1, 0.15) is 0 Å². The van der Waals surface area contributed by atoms with Crippen LogP contribution in [0, 0.1) is 56.7 Å². The zero-order chi connectivity index (χ0) is 23.3. The molecule has 0 heterocycles. The molecule has 0 saturated heterocycles. The van der Waals surface area contributed by atoms with Gasteiger partial charge in [0.25, 0.3) is 0 Å². The van der Waals surface area contributed by atoms with Crippen molar-refractivity contribution in [2.24, 2.45) is 56.7 Å². The van der Waals surface area contributed by atoms with Crippen LogP contribution in [0.2, 0.25) is 0 Å². The first-order valence-electron chi connectivity index (χ1n) is 13.8. The summed E-state index contributed by atoms with van der Waals surface area (Å²) in [5, 5.41) is 21.5. The largest absolute Gasteiger partial charge is 0.396 e. The third kappa shape index (κ3) is 2.66. The maximum Gasteiger partial charge on any atom is 0.0594 e. The van der Waals surface area contributed by atoms with E-state index in [0.29, 0.717) is 40.6 Å². The van der Waals surface area contributed by atoms with Crippen molar-refractivity contribution in [3.8, 4) is 0 Å². The van der Waals surface area contributed by atoms with Crippen molar-refractivity contribution in [2.75, 3.05) is 6.61 Å². The molecule has 0 aromatic heterocycles. The summed E-state index contributed by atoms with van der Waals surface area (Å²) in [6.07, 6.45) is 12.2. The number of hydrogen-bond donors (Lipinski definition) is 2. The fraction of sp³-hybridized carbons (Fsp3) is 0.933. The highest BCUT2D eigenvalue weighted by atomic mass is 16.3. The topological polar surface area (TPSA) is 40.5 Å². The molecule has 0 aromatic carbocycles. The van der Waals surface area contributed by atoms with Crippen LogP contribution in [0.4, 0.5) is 0 Å². The Kier molecular flexibility index (Phi) is 5.19. The molecule has 5 aliphatic rings. The zero-order valence-corrected chi connectivity index (χ0v) is 21.8. The lowest BCUT2D eigenvalue weighted by Crippen LogP contribution is -2.66. The summed E-state index contributed by atoms with van der Waals surface area (Å²) in [5.41, 5.74) is 2.60. The van der Waals surface area contributed by atoms with Gasteiger partial charge in [-0.25, -0.2) is 0 Å². The Labute approximate surface area is 197 Å². The summed E-state index contributed by atoms with van der Waals surface area (Å²) in [6, 6.07) is 0. The van der Waals surface area contributed by atoms with E-state index in [4.69, 9.17) is 0 Å². The molecule has 0 spiro atoms. The standard InChI is InChI=1S/C30H50O2/c1-19(2)20-10-15-30(18-31)17-16-28(6)21(25(20)30)8-9-23-27(5)13-12-24(32)26(3,4)22(27)11-14-29(23,28)7/h20-25,31-32H,1,8-18H2,2-7H3/t20-,21-,22+,23-,24-,25+,27-,28-,29+,30-/m0/s1. The zero-order valence-electron chi connectivity index (χ0n) is 21.8. The number of aliphatic hydroxyl groups excluding tert-OH is 2. The summed E-state index contributed by atoms with van der Waals surface area (Å²) in [5.74, 6) is 3.33. The average Bonchev–Trinajstić information content (AvgIpc) is 3.12. The van der Waals surface area contributed by atoms with Crippen molar-refractivity contribution >= 4 is 0 Å². The van der Waals surface area contributed by atoms with Crippen LogP contribution in [0.3, 0.4) is 0 Å². The third-order valence-electron chi connectivity index (χ3n) is 13.5. The summed E-state index contributed by atoms with van der Waals surface area (Å²) in [4.78, 5) is 0. The quantitative estimate of drug-likeness (QED) is 0.452. The molecule has 5 rings (SSSR count). The molecule has 0 unspecified atom stereocenters. The van der Waals surface area contributed by atoms with E-state index in [9.17, 15) is 10.2 Å². The highest BCUT2D eigenvalue weighted by Crippen LogP contribution is 2.77. The van der Waals surface area contributed by atoms with E-state index in [1.54, 1.807) is 0 Å². The lowest BCUT2D eigenvalue weighted by Gasteiger charge is -2.73. The molecule has 2 heteroatoms. The van der Waals surface area contributed by atoms with Crippen LogP contribution in [-0.2, 0) is 0 Å². The van der Waals surface area contributed by atoms with E-state index in [1.807, 2.05) is 0 Å². The predicted molar refractivity (Wildman–Crippen MR) is 132 cm³/mol. The molecule has 2 N–H and O–H groups in total. The van der Waals surface area contributed by atoms with Gasteiger partial charge in [0.15, 0.2) is 0 Å². The smallest absolute Gasteiger partial charge is 0.0594 e. The highest BCUT2D eigenvalue weighted by molar-refractivity contribution is 5.21. The predicted octanol–water partition coefficient (Wildman–Crippen LogP) is 7.00. The summed E-state index contributed by atoms with van der Waals surface area (Å²) < 4.78 is 0. The second kappa shape index (κ2) is 7.09. The van der Waals surface area contributed by atoms with Gasteiger partial charge in [-0.1, -0.05) is 46.8 Å². The van der Waals surface area contributed by atoms with Gasteiger partial charge in [0.2, 0.25) is 0 Å². The third-order valence-corrected chi connectivity index (χ3v) is 13.5. The lowest BCUT2D eigenvalue weighted by molar-refractivity contribution is -0.249. The van der Waals surface area contributed by atoms with Gasteiger partial charge in [0, 0.05) is 6.61 Å². The van der Waals surface area contributed by atoms with E-state index >= 15 is 0 Å². The van der Waals surface area contributed by atoms with Gasteiger partial charge < -0.3 is 10.2 Å².